The van der Waals surface area contributed by atoms with Gasteiger partial charge >= 0.3 is 0 Å². The van der Waals surface area contributed by atoms with Crippen molar-refractivity contribution in [1.29, 1.82) is 0 Å². The summed E-state index contributed by atoms with van der Waals surface area (Å²) in [5.74, 6) is 3.38. The van der Waals surface area contributed by atoms with Gasteiger partial charge in [-0.05, 0) is 116 Å². The first-order valence-electron chi connectivity index (χ1n) is 24.2. The van der Waals surface area contributed by atoms with Crippen LogP contribution in [0.15, 0.2) is 206 Å². The van der Waals surface area contributed by atoms with Crippen LogP contribution in [-0.2, 0) is 21.7 Å². The van der Waals surface area contributed by atoms with Gasteiger partial charge in [0.05, 0.1) is 33.6 Å². The molecule has 336 valence electrons. The largest absolute Gasteiger partial charge is 0.453 e. The first-order valence-corrected chi connectivity index (χ1v) is 25.9. The van der Waals surface area contributed by atoms with E-state index in [-0.39, 0.29) is 10.8 Å². The molecular weight excluding hydrogens is 893 g/mol. The van der Waals surface area contributed by atoms with Crippen LogP contribution < -0.4 is 19.3 Å². The van der Waals surface area contributed by atoms with Crippen molar-refractivity contribution >= 4 is 55.4 Å². The zero-order valence-corrected chi connectivity index (χ0v) is 40.8. The third-order valence-electron chi connectivity index (χ3n) is 16.3. The number of hydrogen-bond donors (Lipinski definition) is 0. The van der Waals surface area contributed by atoms with E-state index in [1.165, 1.54) is 65.4 Å². The Morgan fingerprint density at radius 3 is 0.829 bits per heavy atom. The molecule has 5 aliphatic rings. The fraction of sp³-hybridized carbons (Fsp3) is 0.125. The molecule has 0 unspecified atom stereocenters. The summed E-state index contributed by atoms with van der Waals surface area (Å²) in [4.78, 5) is 7.61. The average Bonchev–Trinajstić information content (AvgIpc) is 4.05. The highest BCUT2D eigenvalue weighted by Crippen LogP contribution is 2.71. The Bertz CT molecular complexity index is 3370. The standard InChI is InChI=1S/C64H46N2O2S2/c1-61(2)39-21-5-9-25-43(39)63(44-26-10-6-22-40(44)61)47-37-57(65-49-29-13-17-33-53(49)67-54-34-18-14-30-50(54)65)70-60(47)64(45-27-11-7-23-41(45)62(3,4)42-24-8-12-28-46(42)64)48-38-58(69-59(48)63)66-51-31-15-19-35-55(51)68-56-36-20-16-32-52(56)66/h5-38H,1-4H3. The van der Waals surface area contributed by atoms with Crippen LogP contribution in [0.2, 0.25) is 0 Å². The predicted molar refractivity (Wildman–Crippen MR) is 286 cm³/mol. The number of ether oxygens (including phenoxy) is 2. The lowest BCUT2D eigenvalue weighted by molar-refractivity contribution is 0.477. The van der Waals surface area contributed by atoms with Crippen molar-refractivity contribution in [3.63, 3.8) is 0 Å². The summed E-state index contributed by atoms with van der Waals surface area (Å²) in [7, 11) is 0. The molecule has 0 N–H and O–H groups in total. The molecule has 6 heteroatoms. The van der Waals surface area contributed by atoms with Crippen LogP contribution in [-0.4, -0.2) is 0 Å². The quantitative estimate of drug-likeness (QED) is 0.172. The number of benzene rings is 8. The number of thiophene rings is 2. The van der Waals surface area contributed by atoms with Crippen LogP contribution in [0.25, 0.3) is 0 Å². The van der Waals surface area contributed by atoms with Crippen LogP contribution in [0.4, 0.5) is 32.8 Å². The Balaban J connectivity index is 1.15. The van der Waals surface area contributed by atoms with Crippen LogP contribution in [0.1, 0.15) is 93.1 Å². The fourth-order valence-electron chi connectivity index (χ4n) is 13.3. The summed E-state index contributed by atoms with van der Waals surface area (Å²) in [5, 5.41) is 2.30. The highest BCUT2D eigenvalue weighted by atomic mass is 32.1. The van der Waals surface area contributed by atoms with E-state index in [4.69, 9.17) is 9.47 Å². The van der Waals surface area contributed by atoms with E-state index in [2.05, 4.69) is 244 Å². The van der Waals surface area contributed by atoms with Gasteiger partial charge in [0.25, 0.3) is 0 Å². The van der Waals surface area contributed by atoms with Crippen LogP contribution >= 0.6 is 22.7 Å². The number of fused-ring (bicyclic) bond motifs is 18. The summed E-state index contributed by atoms with van der Waals surface area (Å²) in [6, 6.07) is 76.6. The SMILES string of the molecule is CC1(C)c2ccccc2C2(c3ccccc31)c1cc(N3c4ccccc4Oc4ccccc43)sc1C1(c3ccccc3C(C)(C)c3ccccc31)c1cc(N3c4ccccc4Oc4ccccc43)sc12. The zero-order chi connectivity index (χ0) is 46.7. The average molecular weight is 939 g/mol. The van der Waals surface area contributed by atoms with E-state index in [1.807, 2.05) is 22.7 Å². The summed E-state index contributed by atoms with van der Waals surface area (Å²) < 4.78 is 13.4. The number of rotatable bonds is 2. The molecule has 8 aromatic carbocycles. The second kappa shape index (κ2) is 14.0. The molecule has 0 saturated carbocycles. The molecule has 10 aromatic rings. The molecule has 0 amide bonds. The van der Waals surface area contributed by atoms with Crippen molar-refractivity contribution in [3.05, 3.63) is 272 Å². The van der Waals surface area contributed by atoms with E-state index in [1.54, 1.807) is 0 Å². The van der Waals surface area contributed by atoms with E-state index >= 15 is 0 Å². The topological polar surface area (TPSA) is 24.9 Å². The number of anilines is 6. The van der Waals surface area contributed by atoms with Crippen molar-refractivity contribution < 1.29 is 9.47 Å². The third kappa shape index (κ3) is 4.90. The van der Waals surface area contributed by atoms with Gasteiger partial charge < -0.3 is 9.47 Å². The van der Waals surface area contributed by atoms with Gasteiger partial charge in [0, 0.05) is 20.6 Å². The molecule has 15 rings (SSSR count). The van der Waals surface area contributed by atoms with E-state index in [0.29, 0.717) is 0 Å². The van der Waals surface area contributed by atoms with E-state index < -0.39 is 10.8 Å². The van der Waals surface area contributed by atoms with Crippen molar-refractivity contribution in [2.24, 2.45) is 0 Å². The lowest BCUT2D eigenvalue weighted by atomic mass is 9.48. The predicted octanol–water partition coefficient (Wildman–Crippen LogP) is 17.3. The van der Waals surface area contributed by atoms with Crippen molar-refractivity contribution in [2.45, 2.75) is 49.4 Å². The second-order valence-electron chi connectivity index (χ2n) is 20.3. The normalized spacial score (nSPS) is 16.9. The molecule has 0 radical (unpaired) electrons. The zero-order valence-electron chi connectivity index (χ0n) is 39.2. The molecule has 0 fully saturated rings. The second-order valence-corrected chi connectivity index (χ2v) is 22.4. The maximum Gasteiger partial charge on any atom is 0.151 e. The van der Waals surface area contributed by atoms with Gasteiger partial charge in [0.1, 0.15) is 10.0 Å². The summed E-state index contributed by atoms with van der Waals surface area (Å²) >= 11 is 3.89. The summed E-state index contributed by atoms with van der Waals surface area (Å²) in [6.07, 6.45) is 0. The highest BCUT2D eigenvalue weighted by Gasteiger charge is 2.62. The van der Waals surface area contributed by atoms with Gasteiger partial charge in [0.2, 0.25) is 0 Å². The maximum absolute atomic E-state index is 6.69. The van der Waals surface area contributed by atoms with Gasteiger partial charge in [-0.15, -0.1) is 22.7 Å². The van der Waals surface area contributed by atoms with Crippen LogP contribution in [0.3, 0.4) is 0 Å². The van der Waals surface area contributed by atoms with E-state index in [9.17, 15) is 0 Å². The molecule has 2 aromatic heterocycles. The number of para-hydroxylation sites is 8. The molecule has 0 saturated heterocycles. The Kier molecular flexibility index (Phi) is 8.05. The van der Waals surface area contributed by atoms with Crippen LogP contribution in [0, 0.1) is 0 Å². The highest BCUT2D eigenvalue weighted by molar-refractivity contribution is 7.18. The number of nitrogens with zero attached hydrogens (tertiary/aromatic N) is 2. The molecule has 0 atom stereocenters. The molecule has 70 heavy (non-hydrogen) atoms. The maximum atomic E-state index is 6.69. The Morgan fingerprint density at radius 2 is 0.543 bits per heavy atom. The minimum Gasteiger partial charge on any atom is -0.453 e. The Morgan fingerprint density at radius 1 is 0.300 bits per heavy atom. The molecular formula is C64H46N2O2S2. The lowest BCUT2D eigenvalue weighted by Crippen LogP contribution is -2.50. The van der Waals surface area contributed by atoms with Crippen molar-refractivity contribution in [3.8, 4) is 23.0 Å². The van der Waals surface area contributed by atoms with Gasteiger partial charge in [-0.3, -0.25) is 9.80 Å². The van der Waals surface area contributed by atoms with Gasteiger partial charge in [-0.25, -0.2) is 0 Å². The Labute approximate surface area is 416 Å². The minimum atomic E-state index is -0.718. The summed E-state index contributed by atoms with van der Waals surface area (Å²) in [5.41, 5.74) is 15.5. The molecule has 4 heterocycles. The van der Waals surface area contributed by atoms with Gasteiger partial charge in [-0.2, -0.15) is 0 Å². The summed E-state index contributed by atoms with van der Waals surface area (Å²) in [6.45, 7) is 9.67. The lowest BCUT2D eigenvalue weighted by Gasteiger charge is -2.55. The van der Waals surface area contributed by atoms with Gasteiger partial charge in [-0.1, -0.05) is 173 Å². The Hall–Kier alpha value is -7.64. The smallest absolute Gasteiger partial charge is 0.151 e. The van der Waals surface area contributed by atoms with Crippen molar-refractivity contribution in [2.75, 3.05) is 9.80 Å². The molecule has 0 bridgehead atoms. The molecule has 4 nitrogen and oxygen atoms in total. The number of hydrogen-bond acceptors (Lipinski definition) is 6. The first-order chi connectivity index (χ1) is 34.2. The van der Waals surface area contributed by atoms with Crippen molar-refractivity contribution in [1.82, 2.24) is 0 Å². The minimum absolute atomic E-state index is 0.273. The third-order valence-corrected chi connectivity index (χ3v) is 18.7. The van der Waals surface area contributed by atoms with Gasteiger partial charge in [0.15, 0.2) is 23.0 Å². The molecule has 2 spiro atoms. The monoisotopic (exact) mass is 938 g/mol. The fourth-order valence-corrected chi connectivity index (χ4v) is 16.2. The van der Waals surface area contributed by atoms with Crippen LogP contribution in [0.5, 0.6) is 23.0 Å². The van der Waals surface area contributed by atoms with E-state index in [0.717, 1.165) is 55.7 Å². The molecule has 2 aliphatic heterocycles. The first kappa shape index (κ1) is 40.3. The molecule has 3 aliphatic carbocycles.